The minimum Gasteiger partial charge on any atom is -0.455 e. The molecule has 2 aromatic carbocycles. The Kier molecular flexibility index (Phi) is 5.94. The number of hydrogen-bond donors (Lipinski definition) is 1. The van der Waals surface area contributed by atoms with Crippen molar-refractivity contribution in [2.45, 2.75) is 13.3 Å². The predicted molar refractivity (Wildman–Crippen MR) is 103 cm³/mol. The molecule has 0 unspecified atom stereocenters. The van der Waals surface area contributed by atoms with Crippen LogP contribution in [0, 0.1) is 18.7 Å². The van der Waals surface area contributed by atoms with Crippen LogP contribution in [0.15, 0.2) is 42.5 Å². The third-order valence-corrected chi connectivity index (χ3v) is 4.70. The summed E-state index contributed by atoms with van der Waals surface area (Å²) in [5, 5.41) is 2.33. The van der Waals surface area contributed by atoms with Gasteiger partial charge in [0.05, 0.1) is 10.9 Å². The van der Waals surface area contributed by atoms with E-state index in [0.717, 1.165) is 17.3 Å². The first-order valence-corrected chi connectivity index (χ1v) is 9.00. The minimum atomic E-state index is -0.639. The second-order valence-electron chi connectivity index (χ2n) is 6.48. The van der Waals surface area contributed by atoms with E-state index in [4.69, 9.17) is 16.3 Å². The van der Waals surface area contributed by atoms with Crippen LogP contribution in [0.3, 0.4) is 0 Å². The van der Waals surface area contributed by atoms with Gasteiger partial charge in [-0.25, -0.2) is 4.39 Å². The zero-order valence-corrected chi connectivity index (χ0v) is 15.8. The third kappa shape index (κ3) is 4.48. The number of halogens is 2. The Morgan fingerprint density at radius 1 is 1.29 bits per heavy atom. The van der Waals surface area contributed by atoms with Crippen molar-refractivity contribution in [3.05, 3.63) is 58.9 Å². The first kappa shape index (κ1) is 19.8. The molecule has 1 fully saturated rings. The van der Waals surface area contributed by atoms with Crippen LogP contribution in [0.1, 0.15) is 12.0 Å². The van der Waals surface area contributed by atoms with Gasteiger partial charge in [0.15, 0.2) is 6.61 Å². The Hall–Kier alpha value is -2.93. The second kappa shape index (κ2) is 8.39. The van der Waals surface area contributed by atoms with Crippen LogP contribution in [0.2, 0.25) is 5.02 Å². The molecule has 1 N–H and O–H groups in total. The highest BCUT2D eigenvalue weighted by molar-refractivity contribution is 6.31. The maximum Gasteiger partial charge on any atom is 0.311 e. The van der Waals surface area contributed by atoms with E-state index >= 15 is 0 Å². The molecule has 146 valence electrons. The number of para-hydroxylation sites is 1. The SMILES string of the molecule is Cc1ccccc1N1C[C@@H](C(=O)OCC(=O)Nc2ccc(F)c(Cl)c2)CC1=O. The van der Waals surface area contributed by atoms with Gasteiger partial charge in [-0.3, -0.25) is 14.4 Å². The first-order valence-electron chi connectivity index (χ1n) is 8.62. The Bertz CT molecular complexity index is 934. The molecular weight excluding hydrogens is 387 g/mol. The number of esters is 1. The normalized spacial score (nSPS) is 16.2. The molecule has 2 amide bonds. The van der Waals surface area contributed by atoms with Gasteiger partial charge in [0.1, 0.15) is 5.82 Å². The van der Waals surface area contributed by atoms with Crippen LogP contribution in [-0.2, 0) is 19.1 Å². The van der Waals surface area contributed by atoms with Crippen LogP contribution >= 0.6 is 11.6 Å². The zero-order chi connectivity index (χ0) is 20.3. The maximum atomic E-state index is 13.1. The van der Waals surface area contributed by atoms with E-state index in [1.54, 1.807) is 4.90 Å². The van der Waals surface area contributed by atoms with Crippen LogP contribution in [-0.4, -0.2) is 30.9 Å². The van der Waals surface area contributed by atoms with E-state index in [-0.39, 0.29) is 29.6 Å². The lowest BCUT2D eigenvalue weighted by Gasteiger charge is -2.18. The van der Waals surface area contributed by atoms with Crippen molar-refractivity contribution in [3.8, 4) is 0 Å². The molecule has 1 atom stereocenters. The summed E-state index contributed by atoms with van der Waals surface area (Å²) in [6.07, 6.45) is 0.0301. The minimum absolute atomic E-state index is 0.0301. The summed E-state index contributed by atoms with van der Waals surface area (Å²) >= 11 is 5.65. The topological polar surface area (TPSA) is 75.7 Å². The van der Waals surface area contributed by atoms with Crippen molar-refractivity contribution in [1.82, 2.24) is 0 Å². The standard InChI is InChI=1S/C20H18ClFN2O4/c1-12-4-2-3-5-17(12)24-10-13(8-19(24)26)20(27)28-11-18(25)23-14-6-7-16(22)15(21)9-14/h2-7,9,13H,8,10-11H2,1H3,(H,23,25)/t13-/m0/s1. The largest absolute Gasteiger partial charge is 0.455 e. The summed E-state index contributed by atoms with van der Waals surface area (Å²) in [6, 6.07) is 11.1. The number of carbonyl (C=O) groups excluding carboxylic acids is 3. The molecule has 0 aliphatic carbocycles. The van der Waals surface area contributed by atoms with Gasteiger partial charge < -0.3 is 15.0 Å². The third-order valence-electron chi connectivity index (χ3n) is 4.41. The van der Waals surface area contributed by atoms with Gasteiger partial charge in [0, 0.05) is 24.3 Å². The maximum absolute atomic E-state index is 13.1. The van der Waals surface area contributed by atoms with Gasteiger partial charge in [-0.1, -0.05) is 29.8 Å². The fourth-order valence-corrected chi connectivity index (χ4v) is 3.17. The molecule has 8 heteroatoms. The highest BCUT2D eigenvalue weighted by Gasteiger charge is 2.36. The number of rotatable bonds is 5. The number of hydrogen-bond acceptors (Lipinski definition) is 4. The van der Waals surface area contributed by atoms with E-state index in [1.807, 2.05) is 31.2 Å². The van der Waals surface area contributed by atoms with Crippen LogP contribution in [0.25, 0.3) is 0 Å². The van der Waals surface area contributed by atoms with E-state index in [9.17, 15) is 18.8 Å². The Balaban J connectivity index is 1.54. The summed E-state index contributed by atoms with van der Waals surface area (Å²) in [5.74, 6) is -2.61. The summed E-state index contributed by atoms with van der Waals surface area (Å²) < 4.78 is 18.2. The average molecular weight is 405 g/mol. The highest BCUT2D eigenvalue weighted by Crippen LogP contribution is 2.28. The molecule has 2 aromatic rings. The predicted octanol–water partition coefficient (Wildman–Crippen LogP) is 3.32. The van der Waals surface area contributed by atoms with Crippen molar-refractivity contribution in [1.29, 1.82) is 0 Å². The summed E-state index contributed by atoms with van der Waals surface area (Å²) in [7, 11) is 0. The molecule has 0 aromatic heterocycles. The van der Waals surface area contributed by atoms with Crippen molar-refractivity contribution in [2.75, 3.05) is 23.4 Å². The molecule has 1 saturated heterocycles. The molecule has 0 bridgehead atoms. The van der Waals surface area contributed by atoms with Gasteiger partial charge in [0.25, 0.3) is 5.91 Å². The number of aryl methyl sites for hydroxylation is 1. The van der Waals surface area contributed by atoms with E-state index in [2.05, 4.69) is 5.32 Å². The van der Waals surface area contributed by atoms with Crippen molar-refractivity contribution < 1.29 is 23.5 Å². The second-order valence-corrected chi connectivity index (χ2v) is 6.88. The lowest BCUT2D eigenvalue weighted by molar-refractivity contribution is -0.151. The Morgan fingerprint density at radius 3 is 2.75 bits per heavy atom. The van der Waals surface area contributed by atoms with Gasteiger partial charge >= 0.3 is 5.97 Å². The lowest BCUT2D eigenvalue weighted by Crippen LogP contribution is -2.28. The van der Waals surface area contributed by atoms with Crippen LogP contribution < -0.4 is 10.2 Å². The number of anilines is 2. The average Bonchev–Trinajstić information content (AvgIpc) is 3.05. The fraction of sp³-hybridized carbons (Fsp3) is 0.250. The molecule has 0 spiro atoms. The van der Waals surface area contributed by atoms with Crippen molar-refractivity contribution in [3.63, 3.8) is 0 Å². The van der Waals surface area contributed by atoms with E-state index < -0.39 is 30.2 Å². The Labute approximate surface area is 166 Å². The number of benzene rings is 2. The number of amides is 2. The van der Waals surface area contributed by atoms with E-state index in [0.29, 0.717) is 0 Å². The van der Waals surface area contributed by atoms with Gasteiger partial charge in [-0.2, -0.15) is 0 Å². The van der Waals surface area contributed by atoms with Crippen molar-refractivity contribution in [2.24, 2.45) is 5.92 Å². The molecule has 1 aliphatic heterocycles. The molecule has 1 aliphatic rings. The molecule has 6 nitrogen and oxygen atoms in total. The molecule has 1 heterocycles. The quantitative estimate of drug-likeness (QED) is 0.776. The number of nitrogens with one attached hydrogen (secondary N) is 1. The lowest BCUT2D eigenvalue weighted by atomic mass is 10.1. The van der Waals surface area contributed by atoms with Gasteiger partial charge in [-0.05, 0) is 36.8 Å². The molecule has 0 saturated carbocycles. The number of ether oxygens (including phenoxy) is 1. The first-order chi connectivity index (χ1) is 13.3. The molecule has 0 radical (unpaired) electrons. The number of nitrogens with zero attached hydrogens (tertiary/aromatic N) is 1. The highest BCUT2D eigenvalue weighted by atomic mass is 35.5. The molecule has 28 heavy (non-hydrogen) atoms. The smallest absolute Gasteiger partial charge is 0.311 e. The van der Waals surface area contributed by atoms with Crippen LogP contribution in [0.4, 0.5) is 15.8 Å². The fourth-order valence-electron chi connectivity index (χ4n) is 2.99. The monoisotopic (exact) mass is 404 g/mol. The zero-order valence-electron chi connectivity index (χ0n) is 15.1. The van der Waals surface area contributed by atoms with Gasteiger partial charge in [-0.15, -0.1) is 0 Å². The summed E-state index contributed by atoms with van der Waals surface area (Å²) in [5.41, 5.74) is 1.98. The molecular formula is C20H18ClFN2O4. The molecule has 3 rings (SSSR count). The summed E-state index contributed by atoms with van der Waals surface area (Å²) in [4.78, 5) is 38.0. The summed E-state index contributed by atoms with van der Waals surface area (Å²) in [6.45, 7) is 1.58. The van der Waals surface area contributed by atoms with Crippen LogP contribution in [0.5, 0.6) is 0 Å². The number of carbonyl (C=O) groups is 3. The Morgan fingerprint density at radius 2 is 2.04 bits per heavy atom. The van der Waals surface area contributed by atoms with E-state index in [1.165, 1.54) is 12.1 Å². The van der Waals surface area contributed by atoms with Crippen molar-refractivity contribution >= 4 is 40.8 Å². The van der Waals surface area contributed by atoms with Gasteiger partial charge in [0.2, 0.25) is 5.91 Å².